The lowest BCUT2D eigenvalue weighted by Crippen LogP contribution is -2.34. The standard InChI is InChI=1S/C17H16Cl2FNO2S/c1-10(24-16-8-12(18)4-7-14(16)19)17(23)21-9-15(22)11-2-5-13(20)6-3-11/h2-8,10,15,22H,9H2,1H3,(H,21,23). The smallest absolute Gasteiger partial charge is 0.233 e. The first-order chi connectivity index (χ1) is 11.4. The van der Waals surface area contributed by atoms with Crippen LogP contribution >= 0.6 is 35.0 Å². The highest BCUT2D eigenvalue weighted by atomic mass is 35.5. The van der Waals surface area contributed by atoms with Gasteiger partial charge in [-0.05, 0) is 42.8 Å². The highest BCUT2D eigenvalue weighted by Gasteiger charge is 2.17. The van der Waals surface area contributed by atoms with Gasteiger partial charge in [-0.2, -0.15) is 0 Å². The lowest BCUT2D eigenvalue weighted by Gasteiger charge is -2.16. The molecular formula is C17H16Cl2FNO2S. The van der Waals surface area contributed by atoms with Crippen molar-refractivity contribution in [2.24, 2.45) is 0 Å². The van der Waals surface area contributed by atoms with E-state index in [1.807, 2.05) is 0 Å². The van der Waals surface area contributed by atoms with Crippen LogP contribution in [0.4, 0.5) is 4.39 Å². The third-order valence-electron chi connectivity index (χ3n) is 3.29. The number of carbonyl (C=O) groups is 1. The highest BCUT2D eigenvalue weighted by molar-refractivity contribution is 8.00. The minimum Gasteiger partial charge on any atom is -0.387 e. The molecule has 0 aliphatic rings. The van der Waals surface area contributed by atoms with Crippen molar-refractivity contribution in [3.8, 4) is 0 Å². The van der Waals surface area contributed by atoms with Crippen molar-refractivity contribution < 1.29 is 14.3 Å². The minimum absolute atomic E-state index is 0.0403. The van der Waals surface area contributed by atoms with Crippen LogP contribution in [0.5, 0.6) is 0 Å². The molecule has 3 nitrogen and oxygen atoms in total. The molecule has 1 amide bonds. The lowest BCUT2D eigenvalue weighted by atomic mass is 10.1. The Morgan fingerprint density at radius 1 is 1.25 bits per heavy atom. The van der Waals surface area contributed by atoms with E-state index in [2.05, 4.69) is 5.32 Å². The third kappa shape index (κ3) is 5.38. The van der Waals surface area contributed by atoms with E-state index < -0.39 is 11.4 Å². The van der Waals surface area contributed by atoms with Crippen molar-refractivity contribution in [2.45, 2.75) is 23.2 Å². The van der Waals surface area contributed by atoms with Gasteiger partial charge in [0.2, 0.25) is 5.91 Å². The van der Waals surface area contributed by atoms with Gasteiger partial charge >= 0.3 is 0 Å². The number of halogens is 3. The molecule has 0 aliphatic heterocycles. The summed E-state index contributed by atoms with van der Waals surface area (Å²) in [6.45, 7) is 1.78. The summed E-state index contributed by atoms with van der Waals surface area (Å²) in [7, 11) is 0. The molecule has 0 saturated carbocycles. The van der Waals surface area contributed by atoms with Gasteiger partial charge in [-0.25, -0.2) is 4.39 Å². The average Bonchev–Trinajstić information content (AvgIpc) is 2.56. The van der Waals surface area contributed by atoms with Crippen LogP contribution in [-0.2, 0) is 4.79 Å². The second-order valence-electron chi connectivity index (χ2n) is 5.15. The number of hydrogen-bond donors (Lipinski definition) is 2. The van der Waals surface area contributed by atoms with Gasteiger partial charge in [0.05, 0.1) is 16.4 Å². The van der Waals surface area contributed by atoms with E-state index in [1.54, 1.807) is 25.1 Å². The second-order valence-corrected chi connectivity index (χ2v) is 7.37. The molecule has 0 heterocycles. The number of aliphatic hydroxyl groups is 1. The zero-order chi connectivity index (χ0) is 17.7. The fourth-order valence-corrected chi connectivity index (χ4v) is 3.39. The number of nitrogens with one attached hydrogen (secondary N) is 1. The normalized spacial score (nSPS) is 13.4. The molecule has 7 heteroatoms. The van der Waals surface area contributed by atoms with Crippen molar-refractivity contribution in [1.29, 1.82) is 0 Å². The van der Waals surface area contributed by atoms with Gasteiger partial charge in [0.1, 0.15) is 5.82 Å². The summed E-state index contributed by atoms with van der Waals surface area (Å²) < 4.78 is 12.9. The number of amides is 1. The second kappa shape index (κ2) is 8.72. The van der Waals surface area contributed by atoms with E-state index in [4.69, 9.17) is 23.2 Å². The van der Waals surface area contributed by atoms with Crippen molar-refractivity contribution in [3.05, 3.63) is 63.9 Å². The van der Waals surface area contributed by atoms with Crippen molar-refractivity contribution >= 4 is 40.9 Å². The predicted molar refractivity (Wildman–Crippen MR) is 96.2 cm³/mol. The van der Waals surface area contributed by atoms with Gasteiger partial charge in [-0.15, -0.1) is 11.8 Å². The van der Waals surface area contributed by atoms with Crippen molar-refractivity contribution in [3.63, 3.8) is 0 Å². The zero-order valence-electron chi connectivity index (χ0n) is 12.8. The summed E-state index contributed by atoms with van der Waals surface area (Å²) >= 11 is 13.3. The first-order valence-electron chi connectivity index (χ1n) is 7.19. The van der Waals surface area contributed by atoms with Crippen LogP contribution in [0.25, 0.3) is 0 Å². The van der Waals surface area contributed by atoms with E-state index in [0.29, 0.717) is 20.5 Å². The van der Waals surface area contributed by atoms with E-state index in [0.717, 1.165) is 0 Å². The first kappa shape index (κ1) is 19.1. The van der Waals surface area contributed by atoms with E-state index in [9.17, 15) is 14.3 Å². The molecule has 0 radical (unpaired) electrons. The van der Waals surface area contributed by atoms with Crippen LogP contribution in [-0.4, -0.2) is 22.8 Å². The first-order valence-corrected chi connectivity index (χ1v) is 8.83. The van der Waals surface area contributed by atoms with Crippen LogP contribution < -0.4 is 5.32 Å². The fraction of sp³-hybridized carbons (Fsp3) is 0.235. The predicted octanol–water partition coefficient (Wildman–Crippen LogP) is 4.46. The zero-order valence-corrected chi connectivity index (χ0v) is 15.1. The Hall–Kier alpha value is -1.27. The Morgan fingerprint density at radius 2 is 1.92 bits per heavy atom. The van der Waals surface area contributed by atoms with Crippen molar-refractivity contribution in [2.75, 3.05) is 6.54 Å². The highest BCUT2D eigenvalue weighted by Crippen LogP contribution is 2.32. The van der Waals surface area contributed by atoms with Gasteiger partial charge in [0.15, 0.2) is 0 Å². The molecule has 2 aromatic carbocycles. The van der Waals surface area contributed by atoms with Crippen LogP contribution in [0.3, 0.4) is 0 Å². The Kier molecular flexibility index (Phi) is 6.92. The molecule has 128 valence electrons. The SMILES string of the molecule is CC(Sc1cc(Cl)ccc1Cl)C(=O)NCC(O)c1ccc(F)cc1. The number of carbonyl (C=O) groups excluding carboxylic acids is 1. The molecule has 2 unspecified atom stereocenters. The number of rotatable bonds is 6. The molecule has 0 aromatic heterocycles. The molecule has 2 aromatic rings. The molecule has 2 atom stereocenters. The topological polar surface area (TPSA) is 49.3 Å². The number of thioether (sulfide) groups is 1. The molecular weight excluding hydrogens is 372 g/mol. The number of benzene rings is 2. The van der Waals surface area contributed by atoms with Gasteiger partial charge < -0.3 is 10.4 Å². The van der Waals surface area contributed by atoms with Gasteiger partial charge in [-0.1, -0.05) is 35.3 Å². The Balaban J connectivity index is 1.89. The van der Waals surface area contributed by atoms with Gasteiger partial charge in [0, 0.05) is 16.5 Å². The van der Waals surface area contributed by atoms with E-state index in [1.165, 1.54) is 36.0 Å². The lowest BCUT2D eigenvalue weighted by molar-refractivity contribution is -0.120. The Labute approximate surface area is 154 Å². The number of aliphatic hydroxyl groups excluding tert-OH is 1. The fourth-order valence-electron chi connectivity index (χ4n) is 1.96. The summed E-state index contributed by atoms with van der Waals surface area (Å²) in [5.41, 5.74) is 0.537. The molecule has 2 rings (SSSR count). The Morgan fingerprint density at radius 3 is 2.58 bits per heavy atom. The van der Waals surface area contributed by atoms with E-state index in [-0.39, 0.29) is 18.3 Å². The molecule has 2 N–H and O–H groups in total. The van der Waals surface area contributed by atoms with Gasteiger partial charge in [0.25, 0.3) is 0 Å². The summed E-state index contributed by atoms with van der Waals surface area (Å²) in [6.07, 6.45) is -0.901. The van der Waals surface area contributed by atoms with E-state index >= 15 is 0 Å². The average molecular weight is 388 g/mol. The molecule has 24 heavy (non-hydrogen) atoms. The monoisotopic (exact) mass is 387 g/mol. The Bertz CT molecular complexity index is 712. The maximum absolute atomic E-state index is 12.9. The maximum atomic E-state index is 12.9. The number of hydrogen-bond acceptors (Lipinski definition) is 3. The molecule has 0 fully saturated rings. The quantitative estimate of drug-likeness (QED) is 0.719. The molecule has 0 saturated heterocycles. The van der Waals surface area contributed by atoms with Crippen LogP contribution in [0.15, 0.2) is 47.4 Å². The summed E-state index contributed by atoms with van der Waals surface area (Å²) in [5.74, 6) is -0.615. The molecule has 0 spiro atoms. The van der Waals surface area contributed by atoms with Crippen LogP contribution in [0.1, 0.15) is 18.6 Å². The molecule has 0 bridgehead atoms. The minimum atomic E-state index is -0.901. The third-order valence-corrected chi connectivity index (χ3v) is 5.13. The van der Waals surface area contributed by atoms with Crippen LogP contribution in [0, 0.1) is 5.82 Å². The summed E-state index contributed by atoms with van der Waals surface area (Å²) in [5, 5.41) is 13.4. The largest absolute Gasteiger partial charge is 0.387 e. The van der Waals surface area contributed by atoms with Crippen molar-refractivity contribution in [1.82, 2.24) is 5.32 Å². The van der Waals surface area contributed by atoms with Crippen LogP contribution in [0.2, 0.25) is 10.0 Å². The molecule has 0 aliphatic carbocycles. The maximum Gasteiger partial charge on any atom is 0.233 e. The summed E-state index contributed by atoms with van der Waals surface area (Å²) in [6, 6.07) is 10.5. The summed E-state index contributed by atoms with van der Waals surface area (Å²) in [4.78, 5) is 12.9. The van der Waals surface area contributed by atoms with Gasteiger partial charge in [-0.3, -0.25) is 4.79 Å².